The van der Waals surface area contributed by atoms with E-state index in [1.165, 1.54) is 0 Å². The van der Waals surface area contributed by atoms with E-state index in [-0.39, 0.29) is 18.3 Å². The van der Waals surface area contributed by atoms with Gasteiger partial charge in [-0.3, -0.25) is 4.79 Å². The number of carbonyl (C=O) groups is 1. The molecule has 120 valence electrons. The molecule has 0 aromatic carbocycles. The van der Waals surface area contributed by atoms with Gasteiger partial charge >= 0.3 is 0 Å². The molecule has 2 atom stereocenters. The molecule has 0 aliphatic carbocycles. The number of methoxy groups -OCH3 is 1. The van der Waals surface area contributed by atoms with Crippen LogP contribution in [0.25, 0.3) is 0 Å². The first-order chi connectivity index (χ1) is 9.61. The summed E-state index contributed by atoms with van der Waals surface area (Å²) in [6, 6.07) is 0. The number of aryl methyl sites for hydroxylation is 1. The van der Waals surface area contributed by atoms with E-state index in [2.05, 4.69) is 10.3 Å². The van der Waals surface area contributed by atoms with Gasteiger partial charge in [-0.2, -0.15) is 0 Å². The summed E-state index contributed by atoms with van der Waals surface area (Å²) in [4.78, 5) is 19.8. The molecule has 1 aliphatic rings. The number of carbonyl (C=O) groups excluding carboxylic acids is 1. The van der Waals surface area contributed by atoms with Crippen molar-refractivity contribution in [2.75, 3.05) is 26.7 Å². The number of amides is 1. The predicted molar refractivity (Wildman–Crippen MR) is 87.0 cm³/mol. The van der Waals surface area contributed by atoms with E-state index in [0.29, 0.717) is 12.5 Å². The third kappa shape index (κ3) is 4.92. The third-order valence-corrected chi connectivity index (χ3v) is 4.75. The minimum atomic E-state index is -0.391. The first-order valence-electron chi connectivity index (χ1n) is 7.03. The fourth-order valence-electron chi connectivity index (χ4n) is 2.42. The number of rotatable bonds is 6. The van der Waals surface area contributed by atoms with Gasteiger partial charge in [0.25, 0.3) is 5.91 Å². The number of hydrogen-bond acceptors (Lipinski definition) is 5. The Labute approximate surface area is 136 Å². The van der Waals surface area contributed by atoms with Gasteiger partial charge in [0, 0.05) is 18.5 Å². The normalized spacial score (nSPS) is 19.1. The molecule has 1 saturated heterocycles. The Morgan fingerprint density at radius 1 is 1.67 bits per heavy atom. The molecule has 7 heteroatoms. The highest BCUT2D eigenvalue weighted by molar-refractivity contribution is 7.09. The van der Waals surface area contributed by atoms with Gasteiger partial charge in [0.05, 0.1) is 17.7 Å². The van der Waals surface area contributed by atoms with Gasteiger partial charge in [-0.25, -0.2) is 4.98 Å². The molecule has 1 aromatic heterocycles. The SMILES string of the molecule is COC(C)C(=O)N(Cc1scnc1C)CC1CCNC1.Cl. The number of ether oxygens (including phenoxy) is 1. The van der Waals surface area contributed by atoms with Crippen LogP contribution in [0.5, 0.6) is 0 Å². The van der Waals surface area contributed by atoms with Crippen molar-refractivity contribution < 1.29 is 9.53 Å². The van der Waals surface area contributed by atoms with Crippen molar-refractivity contribution in [2.45, 2.75) is 32.9 Å². The summed E-state index contributed by atoms with van der Waals surface area (Å²) in [5, 5.41) is 3.35. The molecule has 0 bridgehead atoms. The Hall–Kier alpha value is -0.690. The van der Waals surface area contributed by atoms with Crippen LogP contribution in [0.1, 0.15) is 23.9 Å². The number of hydrogen-bond donors (Lipinski definition) is 1. The molecule has 1 aliphatic heterocycles. The summed E-state index contributed by atoms with van der Waals surface area (Å²) in [5.74, 6) is 0.600. The van der Waals surface area contributed by atoms with Gasteiger partial charge < -0.3 is 15.0 Å². The van der Waals surface area contributed by atoms with E-state index >= 15 is 0 Å². The second kappa shape index (κ2) is 8.68. The van der Waals surface area contributed by atoms with E-state index < -0.39 is 6.10 Å². The number of thiazole rings is 1. The fraction of sp³-hybridized carbons (Fsp3) is 0.714. The average molecular weight is 334 g/mol. The van der Waals surface area contributed by atoms with E-state index in [1.807, 2.05) is 24.3 Å². The Kier molecular flexibility index (Phi) is 7.59. The highest BCUT2D eigenvalue weighted by Crippen LogP contribution is 2.19. The van der Waals surface area contributed by atoms with Crippen LogP contribution in [0.15, 0.2) is 5.51 Å². The molecule has 1 aromatic rings. The lowest BCUT2D eigenvalue weighted by atomic mass is 10.1. The van der Waals surface area contributed by atoms with Gasteiger partial charge in [-0.1, -0.05) is 0 Å². The maximum atomic E-state index is 12.5. The Morgan fingerprint density at radius 2 is 2.43 bits per heavy atom. The number of nitrogens with one attached hydrogen (secondary N) is 1. The Bertz CT molecular complexity index is 449. The predicted octanol–water partition coefficient (Wildman–Crippen LogP) is 1.85. The molecule has 2 rings (SSSR count). The monoisotopic (exact) mass is 333 g/mol. The number of aromatic nitrogens is 1. The molecule has 2 unspecified atom stereocenters. The van der Waals surface area contributed by atoms with Crippen molar-refractivity contribution in [3.8, 4) is 0 Å². The maximum absolute atomic E-state index is 12.5. The van der Waals surface area contributed by atoms with Crippen LogP contribution >= 0.6 is 23.7 Å². The van der Waals surface area contributed by atoms with E-state index in [0.717, 1.165) is 36.6 Å². The van der Waals surface area contributed by atoms with Crippen molar-refractivity contribution in [1.82, 2.24) is 15.2 Å². The Balaban J connectivity index is 0.00000220. The van der Waals surface area contributed by atoms with E-state index in [4.69, 9.17) is 4.74 Å². The first kappa shape index (κ1) is 18.4. The summed E-state index contributed by atoms with van der Waals surface area (Å²) in [5.41, 5.74) is 2.85. The molecular formula is C14H24ClN3O2S. The molecule has 0 saturated carbocycles. The second-order valence-electron chi connectivity index (χ2n) is 5.32. The van der Waals surface area contributed by atoms with Crippen LogP contribution in [-0.4, -0.2) is 48.6 Å². The zero-order valence-electron chi connectivity index (χ0n) is 12.8. The van der Waals surface area contributed by atoms with Gasteiger partial charge in [0.2, 0.25) is 0 Å². The average Bonchev–Trinajstić information content (AvgIpc) is 3.09. The number of nitrogens with zero attached hydrogens (tertiary/aromatic N) is 2. The quantitative estimate of drug-likeness (QED) is 0.863. The minimum Gasteiger partial charge on any atom is -0.372 e. The van der Waals surface area contributed by atoms with Crippen molar-refractivity contribution in [2.24, 2.45) is 5.92 Å². The third-order valence-electron chi connectivity index (χ3n) is 3.83. The maximum Gasteiger partial charge on any atom is 0.251 e. The fourth-order valence-corrected chi connectivity index (χ4v) is 3.22. The van der Waals surface area contributed by atoms with E-state index in [1.54, 1.807) is 18.4 Å². The van der Waals surface area contributed by atoms with Crippen LogP contribution in [0.4, 0.5) is 0 Å². The van der Waals surface area contributed by atoms with Crippen LogP contribution < -0.4 is 5.32 Å². The van der Waals surface area contributed by atoms with Crippen molar-refractivity contribution in [3.05, 3.63) is 16.1 Å². The summed E-state index contributed by atoms with van der Waals surface area (Å²) in [6.45, 7) is 7.27. The van der Waals surface area contributed by atoms with Crippen LogP contribution in [0.2, 0.25) is 0 Å². The summed E-state index contributed by atoms with van der Waals surface area (Å²) >= 11 is 1.61. The van der Waals surface area contributed by atoms with Gasteiger partial charge in [-0.05, 0) is 39.3 Å². The molecule has 1 fully saturated rings. The van der Waals surface area contributed by atoms with Gasteiger partial charge in [0.15, 0.2) is 0 Å². The topological polar surface area (TPSA) is 54.5 Å². The van der Waals surface area contributed by atoms with Crippen molar-refractivity contribution >= 4 is 29.7 Å². The molecule has 5 nitrogen and oxygen atoms in total. The van der Waals surface area contributed by atoms with E-state index in [9.17, 15) is 4.79 Å². The van der Waals surface area contributed by atoms with Gasteiger partial charge in [-0.15, -0.1) is 23.7 Å². The highest BCUT2D eigenvalue weighted by Gasteiger charge is 2.26. The lowest BCUT2D eigenvalue weighted by Crippen LogP contribution is -2.41. The lowest BCUT2D eigenvalue weighted by Gasteiger charge is -2.27. The molecule has 1 N–H and O–H groups in total. The van der Waals surface area contributed by atoms with Crippen LogP contribution in [0, 0.1) is 12.8 Å². The largest absolute Gasteiger partial charge is 0.372 e. The zero-order valence-corrected chi connectivity index (χ0v) is 14.4. The number of halogens is 1. The zero-order chi connectivity index (χ0) is 14.5. The smallest absolute Gasteiger partial charge is 0.251 e. The molecule has 0 spiro atoms. The highest BCUT2D eigenvalue weighted by atomic mass is 35.5. The first-order valence-corrected chi connectivity index (χ1v) is 7.91. The molecule has 0 radical (unpaired) electrons. The van der Waals surface area contributed by atoms with Gasteiger partial charge in [0.1, 0.15) is 6.10 Å². The Morgan fingerprint density at radius 3 is 2.95 bits per heavy atom. The molecule has 2 heterocycles. The minimum absolute atomic E-state index is 0. The van der Waals surface area contributed by atoms with Crippen molar-refractivity contribution in [3.63, 3.8) is 0 Å². The van der Waals surface area contributed by atoms with Crippen LogP contribution in [-0.2, 0) is 16.1 Å². The molecular weight excluding hydrogens is 310 g/mol. The summed E-state index contributed by atoms with van der Waals surface area (Å²) in [7, 11) is 1.58. The summed E-state index contributed by atoms with van der Waals surface area (Å²) in [6.07, 6.45) is 0.741. The van der Waals surface area contributed by atoms with Crippen molar-refractivity contribution in [1.29, 1.82) is 0 Å². The summed E-state index contributed by atoms with van der Waals surface area (Å²) < 4.78 is 5.19. The van der Waals surface area contributed by atoms with Crippen LogP contribution in [0.3, 0.4) is 0 Å². The second-order valence-corrected chi connectivity index (χ2v) is 6.26. The lowest BCUT2D eigenvalue weighted by molar-refractivity contribution is -0.142. The molecule has 21 heavy (non-hydrogen) atoms. The molecule has 1 amide bonds. The standard InChI is InChI=1S/C14H23N3O2S.ClH/c1-10-13(20-9-16-10)8-17(14(18)11(2)19-3)7-12-4-5-15-6-12;/h9,11-12,15H,4-8H2,1-3H3;1H.